The number of rotatable bonds is 2. The summed E-state index contributed by atoms with van der Waals surface area (Å²) in [4.78, 5) is 12.6. The average molecular weight is 345 g/mol. The smallest absolute Gasteiger partial charge is 0.262 e. The third-order valence-corrected chi connectivity index (χ3v) is 5.38. The number of hydrogen-bond acceptors (Lipinski definition) is 4. The van der Waals surface area contributed by atoms with Gasteiger partial charge < -0.3 is 10.6 Å². The lowest BCUT2D eigenvalue weighted by molar-refractivity contribution is -0.117. The van der Waals surface area contributed by atoms with Crippen LogP contribution in [-0.4, -0.2) is 20.5 Å². The molecule has 0 spiro atoms. The molecule has 1 heterocycles. The van der Waals surface area contributed by atoms with Crippen LogP contribution >= 0.6 is 0 Å². The monoisotopic (exact) mass is 345 g/mol. The van der Waals surface area contributed by atoms with E-state index in [9.17, 15) is 13.2 Å². The minimum Gasteiger partial charge on any atom is -0.360 e. The number of amides is 1. The molecule has 24 heavy (non-hydrogen) atoms. The number of benzene rings is 2. The second kappa shape index (κ2) is 5.92. The van der Waals surface area contributed by atoms with Crippen LogP contribution < -0.4 is 15.4 Å². The van der Waals surface area contributed by atoms with E-state index in [0.717, 1.165) is 16.7 Å². The molecule has 1 aliphatic rings. The molecular weight excluding hydrogens is 326 g/mol. The van der Waals surface area contributed by atoms with E-state index in [1.54, 1.807) is 18.2 Å². The number of fused-ring (bicyclic) bond motifs is 1. The Morgan fingerprint density at radius 2 is 1.71 bits per heavy atom. The summed E-state index contributed by atoms with van der Waals surface area (Å²) in [5.41, 5.74) is 3.99. The maximum absolute atomic E-state index is 12.5. The quantitative estimate of drug-likeness (QED) is 0.779. The minimum atomic E-state index is -3.74. The van der Waals surface area contributed by atoms with E-state index in [1.807, 2.05) is 32.9 Å². The van der Waals surface area contributed by atoms with Gasteiger partial charge in [0.05, 0.1) is 5.69 Å². The van der Waals surface area contributed by atoms with Crippen LogP contribution in [-0.2, 0) is 14.8 Å². The van der Waals surface area contributed by atoms with E-state index in [2.05, 4.69) is 15.4 Å². The number of anilines is 2. The van der Waals surface area contributed by atoms with Gasteiger partial charge in [0.15, 0.2) is 6.17 Å². The lowest BCUT2D eigenvalue weighted by Gasteiger charge is -2.27. The number of aryl methyl sites for hydroxylation is 3. The fourth-order valence-corrected chi connectivity index (χ4v) is 3.93. The number of carbonyl (C=O) groups is 1. The number of sulfonamides is 1. The van der Waals surface area contributed by atoms with Crippen LogP contribution in [0.1, 0.15) is 16.7 Å². The molecule has 1 atom stereocenters. The van der Waals surface area contributed by atoms with Gasteiger partial charge in [-0.05, 0) is 50.1 Å². The van der Waals surface area contributed by atoms with Crippen LogP contribution in [0.15, 0.2) is 41.3 Å². The van der Waals surface area contributed by atoms with Crippen molar-refractivity contribution >= 4 is 27.3 Å². The van der Waals surface area contributed by atoms with Gasteiger partial charge in [-0.1, -0.05) is 23.8 Å². The zero-order valence-corrected chi connectivity index (χ0v) is 14.5. The Bertz CT molecular complexity index is 923. The minimum absolute atomic E-state index is 0.142. The van der Waals surface area contributed by atoms with E-state index in [4.69, 9.17) is 0 Å². The Kier molecular flexibility index (Phi) is 4.06. The molecule has 2 aromatic carbocycles. The summed E-state index contributed by atoms with van der Waals surface area (Å²) in [6, 6.07) is 10.6. The van der Waals surface area contributed by atoms with Crippen LogP contribution in [0.25, 0.3) is 0 Å². The van der Waals surface area contributed by atoms with Gasteiger partial charge in [0.1, 0.15) is 4.90 Å². The molecule has 0 bridgehead atoms. The van der Waals surface area contributed by atoms with Crippen molar-refractivity contribution in [3.05, 3.63) is 53.1 Å². The highest BCUT2D eigenvalue weighted by molar-refractivity contribution is 7.89. The maximum Gasteiger partial charge on any atom is 0.262 e. The van der Waals surface area contributed by atoms with Crippen molar-refractivity contribution in [3.63, 3.8) is 0 Å². The maximum atomic E-state index is 12.5. The van der Waals surface area contributed by atoms with Gasteiger partial charge in [-0.25, -0.2) is 8.42 Å². The lowest BCUT2D eigenvalue weighted by atomic mass is 10.1. The molecule has 6 nitrogen and oxygen atoms in total. The normalized spacial score (nSPS) is 18.4. The van der Waals surface area contributed by atoms with Crippen molar-refractivity contribution in [2.24, 2.45) is 0 Å². The predicted molar refractivity (Wildman–Crippen MR) is 93.5 cm³/mol. The van der Waals surface area contributed by atoms with Crippen LogP contribution in [0.3, 0.4) is 0 Å². The second-order valence-electron chi connectivity index (χ2n) is 6.01. The Morgan fingerprint density at radius 3 is 2.42 bits per heavy atom. The highest BCUT2D eigenvalue weighted by atomic mass is 32.2. The largest absolute Gasteiger partial charge is 0.360 e. The SMILES string of the molecule is Cc1ccc(NC(=O)[C@@H]2Nc3cc(C)ccc3S(=O)(=O)N2)c(C)c1. The van der Waals surface area contributed by atoms with E-state index < -0.39 is 22.1 Å². The van der Waals surface area contributed by atoms with E-state index in [-0.39, 0.29) is 4.90 Å². The molecule has 3 rings (SSSR count). The summed E-state index contributed by atoms with van der Waals surface area (Å²) in [6.45, 7) is 5.72. The van der Waals surface area contributed by atoms with Crippen molar-refractivity contribution in [1.82, 2.24) is 4.72 Å². The summed E-state index contributed by atoms with van der Waals surface area (Å²) < 4.78 is 27.0. The molecule has 0 fully saturated rings. The standard InChI is InChI=1S/C17H19N3O3S/c1-10-4-6-13(12(3)8-10)19-17(21)16-18-14-9-11(2)5-7-15(14)24(22,23)20-16/h4-9,16,18,20H,1-3H3,(H,19,21)/t16-/m1/s1. The summed E-state index contributed by atoms with van der Waals surface area (Å²) in [7, 11) is -3.74. The molecule has 2 aromatic rings. The van der Waals surface area contributed by atoms with Crippen LogP contribution in [0.4, 0.5) is 11.4 Å². The Balaban J connectivity index is 1.87. The fraction of sp³-hybridized carbons (Fsp3) is 0.235. The average Bonchev–Trinajstić information content (AvgIpc) is 2.48. The van der Waals surface area contributed by atoms with Crippen molar-refractivity contribution in [2.45, 2.75) is 31.8 Å². The van der Waals surface area contributed by atoms with Crippen molar-refractivity contribution in [2.75, 3.05) is 10.6 Å². The Labute approximate surface area is 141 Å². The molecule has 1 aliphatic heterocycles. The first-order valence-electron chi connectivity index (χ1n) is 7.54. The number of hydrogen-bond donors (Lipinski definition) is 3. The van der Waals surface area contributed by atoms with Crippen molar-refractivity contribution < 1.29 is 13.2 Å². The van der Waals surface area contributed by atoms with Crippen LogP contribution in [0.5, 0.6) is 0 Å². The van der Waals surface area contributed by atoms with Gasteiger partial charge in [0.25, 0.3) is 5.91 Å². The number of carbonyl (C=O) groups excluding carboxylic acids is 1. The lowest BCUT2D eigenvalue weighted by Crippen LogP contribution is -2.51. The summed E-state index contributed by atoms with van der Waals surface area (Å²) in [5, 5.41) is 5.70. The number of nitrogens with one attached hydrogen (secondary N) is 3. The summed E-state index contributed by atoms with van der Waals surface area (Å²) >= 11 is 0. The van der Waals surface area contributed by atoms with Gasteiger partial charge in [-0.2, -0.15) is 4.72 Å². The van der Waals surface area contributed by atoms with Gasteiger partial charge in [0, 0.05) is 5.69 Å². The highest BCUT2D eigenvalue weighted by Crippen LogP contribution is 2.27. The van der Waals surface area contributed by atoms with Crippen LogP contribution in [0, 0.1) is 20.8 Å². The van der Waals surface area contributed by atoms with E-state index in [0.29, 0.717) is 11.4 Å². The Morgan fingerprint density at radius 1 is 1.04 bits per heavy atom. The van der Waals surface area contributed by atoms with Gasteiger partial charge in [0.2, 0.25) is 10.0 Å². The zero-order valence-electron chi connectivity index (χ0n) is 13.7. The third kappa shape index (κ3) is 3.13. The van der Waals surface area contributed by atoms with E-state index in [1.165, 1.54) is 6.07 Å². The molecule has 0 saturated carbocycles. The van der Waals surface area contributed by atoms with E-state index >= 15 is 0 Å². The fourth-order valence-electron chi connectivity index (χ4n) is 2.67. The van der Waals surface area contributed by atoms with Gasteiger partial charge >= 0.3 is 0 Å². The Hall–Kier alpha value is -2.38. The molecular formula is C17H19N3O3S. The molecule has 0 unspecified atom stereocenters. The van der Waals surface area contributed by atoms with Crippen molar-refractivity contribution in [1.29, 1.82) is 0 Å². The summed E-state index contributed by atoms with van der Waals surface area (Å²) in [6.07, 6.45) is -1.06. The molecule has 0 aliphatic carbocycles. The van der Waals surface area contributed by atoms with Crippen LogP contribution in [0.2, 0.25) is 0 Å². The first-order valence-corrected chi connectivity index (χ1v) is 9.02. The first-order chi connectivity index (χ1) is 11.3. The van der Waals surface area contributed by atoms with Gasteiger partial charge in [-0.15, -0.1) is 0 Å². The predicted octanol–water partition coefficient (Wildman–Crippen LogP) is 2.28. The molecule has 7 heteroatoms. The molecule has 126 valence electrons. The second-order valence-corrected chi connectivity index (χ2v) is 7.69. The topological polar surface area (TPSA) is 87.3 Å². The molecule has 0 radical (unpaired) electrons. The molecule has 1 amide bonds. The molecule has 3 N–H and O–H groups in total. The molecule has 0 aromatic heterocycles. The first kappa shape index (κ1) is 16.5. The summed E-state index contributed by atoms with van der Waals surface area (Å²) in [5.74, 6) is -0.460. The third-order valence-electron chi connectivity index (χ3n) is 3.90. The highest BCUT2D eigenvalue weighted by Gasteiger charge is 2.33. The zero-order chi connectivity index (χ0) is 17.5. The molecule has 0 saturated heterocycles. The van der Waals surface area contributed by atoms with Crippen molar-refractivity contribution in [3.8, 4) is 0 Å². The van der Waals surface area contributed by atoms with Gasteiger partial charge in [-0.3, -0.25) is 4.79 Å².